The summed E-state index contributed by atoms with van der Waals surface area (Å²) < 4.78 is 60.2. The molecule has 0 aliphatic carbocycles. The first-order valence-corrected chi connectivity index (χ1v) is 7.81. The minimum absolute atomic E-state index is 0.0257. The first kappa shape index (κ1) is 18.8. The number of alkyl halides is 3. The largest absolute Gasteiger partial charge is 0.474 e. The number of nitrogens with one attached hydrogen (secondary N) is 1. The second-order valence-corrected chi connectivity index (χ2v) is 6.21. The van der Waals surface area contributed by atoms with Crippen LogP contribution in [0.5, 0.6) is 0 Å². The lowest BCUT2D eigenvalue weighted by atomic mass is 10.1. The monoisotopic (exact) mass is 376 g/mol. The number of nitrogens with zero attached hydrogens (tertiary/aromatic N) is 1. The number of aliphatic hydroxyl groups excluding tert-OH is 1. The molecule has 2 rings (SSSR count). The molecule has 10 nitrogen and oxygen atoms in total. The van der Waals surface area contributed by atoms with Gasteiger partial charge in [0.1, 0.15) is 12.3 Å². The lowest BCUT2D eigenvalue weighted by Crippen LogP contribution is -2.52. The third-order valence-corrected chi connectivity index (χ3v) is 3.71. The average molecular weight is 376 g/mol. The molecule has 1 aliphatic heterocycles. The Morgan fingerprint density at radius 3 is 2.62 bits per heavy atom. The summed E-state index contributed by atoms with van der Waals surface area (Å²) in [7, 11) is -5.82. The molecule has 0 amide bonds. The minimum atomic E-state index is -5.82. The molecule has 2 heterocycles. The number of aryl methyl sites for hydroxylation is 1. The van der Waals surface area contributed by atoms with Crippen LogP contribution in [0.2, 0.25) is 0 Å². The van der Waals surface area contributed by atoms with Crippen molar-refractivity contribution < 1.29 is 41.9 Å². The molecule has 0 radical (unpaired) electrons. The first-order valence-electron chi connectivity index (χ1n) is 6.28. The van der Waals surface area contributed by atoms with Crippen LogP contribution < -0.4 is 11.2 Å². The van der Waals surface area contributed by atoms with Crippen molar-refractivity contribution in [3.63, 3.8) is 0 Å². The normalized spacial score (nSPS) is 28.3. The van der Waals surface area contributed by atoms with Gasteiger partial charge in [-0.05, 0) is 6.92 Å². The summed E-state index contributed by atoms with van der Waals surface area (Å²) in [4.78, 5) is 41.6. The van der Waals surface area contributed by atoms with Crippen LogP contribution in [0.15, 0.2) is 15.8 Å². The Bertz CT molecular complexity index is 804. The van der Waals surface area contributed by atoms with Crippen molar-refractivity contribution in [2.75, 3.05) is 0 Å². The smallest absolute Gasteiger partial charge is 0.387 e. The minimum Gasteiger partial charge on any atom is -0.387 e. The predicted octanol–water partition coefficient (Wildman–Crippen LogP) is -0.507. The number of halogens is 3. The van der Waals surface area contributed by atoms with Gasteiger partial charge in [0.15, 0.2) is 0 Å². The van der Waals surface area contributed by atoms with Gasteiger partial charge < -0.3 is 19.6 Å². The number of ether oxygens (including phenoxy) is 1. The quantitative estimate of drug-likeness (QED) is 0.513. The molecule has 14 heteroatoms. The predicted molar refractivity (Wildman–Crippen MR) is 68.7 cm³/mol. The van der Waals surface area contributed by atoms with Gasteiger partial charge in [-0.2, -0.15) is 13.2 Å². The van der Waals surface area contributed by atoms with Gasteiger partial charge >= 0.3 is 25.5 Å². The molecule has 3 atom stereocenters. The fraction of sp³-hybridized carbons (Fsp3) is 0.600. The molecule has 0 spiro atoms. The fourth-order valence-electron chi connectivity index (χ4n) is 2.11. The van der Waals surface area contributed by atoms with Gasteiger partial charge in [-0.25, -0.2) is 13.9 Å². The van der Waals surface area contributed by atoms with E-state index in [-0.39, 0.29) is 5.56 Å². The van der Waals surface area contributed by atoms with Crippen molar-refractivity contribution in [3.8, 4) is 0 Å². The van der Waals surface area contributed by atoms with Crippen LogP contribution in [0.25, 0.3) is 0 Å². The summed E-state index contributed by atoms with van der Waals surface area (Å²) in [5, 5.41) is 9.53. The Labute approximate surface area is 130 Å². The van der Waals surface area contributed by atoms with Crippen LogP contribution in [0.1, 0.15) is 18.2 Å². The Kier molecular flexibility index (Phi) is 4.54. The highest BCUT2D eigenvalue weighted by Crippen LogP contribution is 2.53. The van der Waals surface area contributed by atoms with Gasteiger partial charge in [-0.3, -0.25) is 14.3 Å². The summed E-state index contributed by atoms with van der Waals surface area (Å²) in [6.45, 7) is 1.27. The molecule has 24 heavy (non-hydrogen) atoms. The van der Waals surface area contributed by atoms with E-state index in [0.717, 1.165) is 6.20 Å². The molecule has 4 N–H and O–H groups in total. The van der Waals surface area contributed by atoms with E-state index in [9.17, 15) is 32.4 Å². The Morgan fingerprint density at radius 1 is 1.50 bits per heavy atom. The molecular formula is C10H12F3N2O8P. The van der Waals surface area contributed by atoms with Crippen molar-refractivity contribution in [2.45, 2.75) is 37.6 Å². The van der Waals surface area contributed by atoms with E-state index < -0.39 is 49.8 Å². The van der Waals surface area contributed by atoms with E-state index in [1.807, 2.05) is 4.98 Å². The van der Waals surface area contributed by atoms with Crippen molar-refractivity contribution >= 4 is 7.82 Å². The van der Waals surface area contributed by atoms with Crippen molar-refractivity contribution in [1.82, 2.24) is 9.55 Å². The number of hydrogen-bond acceptors (Lipinski definition) is 6. The van der Waals surface area contributed by atoms with Crippen molar-refractivity contribution in [2.24, 2.45) is 0 Å². The maximum absolute atomic E-state index is 14.4. The highest BCUT2D eigenvalue weighted by Gasteiger charge is 2.69. The average Bonchev–Trinajstić information content (AvgIpc) is 2.69. The highest BCUT2D eigenvalue weighted by atomic mass is 31.2. The first-order chi connectivity index (χ1) is 10.8. The summed E-state index contributed by atoms with van der Waals surface area (Å²) in [6.07, 6.45) is -9.56. The number of rotatable bonds is 4. The number of aromatic nitrogens is 2. The zero-order valence-electron chi connectivity index (χ0n) is 11.9. The summed E-state index contributed by atoms with van der Waals surface area (Å²) >= 11 is 0. The maximum atomic E-state index is 14.4. The van der Waals surface area contributed by atoms with E-state index in [1.54, 1.807) is 0 Å². The summed E-state index contributed by atoms with van der Waals surface area (Å²) in [5.74, 6) is -4.33. The number of aliphatic hydroxyl groups is 1. The molecule has 1 aliphatic rings. The molecule has 1 fully saturated rings. The van der Waals surface area contributed by atoms with E-state index in [2.05, 4.69) is 9.26 Å². The van der Waals surface area contributed by atoms with E-state index in [0.29, 0.717) is 4.57 Å². The summed E-state index contributed by atoms with van der Waals surface area (Å²) in [6, 6.07) is 0. The Morgan fingerprint density at radius 2 is 2.08 bits per heavy atom. The zero-order chi connectivity index (χ0) is 18.5. The van der Waals surface area contributed by atoms with Gasteiger partial charge in [0.05, 0.1) is 0 Å². The number of phosphoric ester groups is 1. The van der Waals surface area contributed by atoms with Gasteiger partial charge in [0.25, 0.3) is 5.56 Å². The molecule has 1 aromatic heterocycles. The maximum Gasteiger partial charge on any atom is 0.474 e. The van der Waals surface area contributed by atoms with Crippen LogP contribution in [0.4, 0.5) is 13.2 Å². The highest BCUT2D eigenvalue weighted by molar-refractivity contribution is 7.46. The molecular weight excluding hydrogens is 364 g/mol. The molecule has 0 bridgehead atoms. The van der Waals surface area contributed by atoms with E-state index in [4.69, 9.17) is 9.79 Å². The van der Waals surface area contributed by atoms with Crippen LogP contribution in [0, 0.1) is 6.92 Å². The van der Waals surface area contributed by atoms with E-state index >= 15 is 0 Å². The molecule has 1 saturated heterocycles. The van der Waals surface area contributed by atoms with E-state index in [1.165, 1.54) is 6.92 Å². The van der Waals surface area contributed by atoms with Crippen LogP contribution in [-0.4, -0.2) is 42.5 Å². The van der Waals surface area contributed by atoms with Crippen molar-refractivity contribution in [3.05, 3.63) is 32.6 Å². The van der Waals surface area contributed by atoms with Crippen LogP contribution in [0.3, 0.4) is 0 Å². The van der Waals surface area contributed by atoms with Gasteiger partial charge in [-0.1, -0.05) is 0 Å². The van der Waals surface area contributed by atoms with Gasteiger partial charge in [-0.15, -0.1) is 0 Å². The zero-order valence-corrected chi connectivity index (χ0v) is 12.7. The standard InChI is InChI=1S/C10H12F3N2O8P/c1-4-3-15(8(18)14-7(4)17)6-2-5(16)9(11,22-6)10(12,13)23-24(19,20)21/h3,5-6,16H,2H2,1H3,(H,14,17,18)(H2,19,20,21)/t5-,6+,9-/m0/s1. The Hall–Kier alpha value is -1.50. The third kappa shape index (κ3) is 3.31. The van der Waals surface area contributed by atoms with Crippen LogP contribution >= 0.6 is 7.82 Å². The summed E-state index contributed by atoms with van der Waals surface area (Å²) in [5.41, 5.74) is -1.91. The number of hydrogen-bond donors (Lipinski definition) is 4. The van der Waals surface area contributed by atoms with Crippen molar-refractivity contribution in [1.29, 1.82) is 0 Å². The molecule has 1 aromatic rings. The lowest BCUT2D eigenvalue weighted by Gasteiger charge is -2.30. The third-order valence-electron chi connectivity index (χ3n) is 3.25. The number of H-pyrrole nitrogens is 1. The Balaban J connectivity index is 2.39. The molecule has 136 valence electrons. The molecule has 0 saturated carbocycles. The lowest BCUT2D eigenvalue weighted by molar-refractivity contribution is -0.372. The van der Waals surface area contributed by atoms with Gasteiger partial charge in [0, 0.05) is 18.2 Å². The topological polar surface area (TPSA) is 151 Å². The molecule has 0 aromatic carbocycles. The SMILES string of the molecule is Cc1cn([C@H]2C[C@H](O)[C@@](F)(C(F)(F)OP(=O)(O)O)O2)c(=O)[nH]c1=O. The van der Waals surface area contributed by atoms with Crippen LogP contribution in [-0.2, 0) is 13.8 Å². The number of phosphoric acid groups is 1. The molecule has 0 unspecified atom stereocenters. The van der Waals surface area contributed by atoms with Gasteiger partial charge in [0.2, 0.25) is 0 Å². The number of aromatic amines is 1. The second kappa shape index (κ2) is 5.79. The second-order valence-electron chi connectivity index (χ2n) is 5.05. The fourth-order valence-corrected chi connectivity index (χ4v) is 2.53.